The van der Waals surface area contributed by atoms with Gasteiger partial charge in [0.25, 0.3) is 0 Å². The molecule has 0 radical (unpaired) electrons. The Balaban J connectivity index is 0.000000424. The summed E-state index contributed by atoms with van der Waals surface area (Å²) in [4.78, 5) is 0. The molecule has 0 saturated heterocycles. The number of hydrogen-bond acceptors (Lipinski definition) is 1. The van der Waals surface area contributed by atoms with Gasteiger partial charge in [-0.3, -0.25) is 0 Å². The van der Waals surface area contributed by atoms with E-state index in [1.807, 2.05) is 0 Å². The molecule has 0 aliphatic carbocycles. The second-order valence-corrected chi connectivity index (χ2v) is 3.00. The first kappa shape index (κ1) is 12.2. The zero-order valence-electron chi connectivity index (χ0n) is 8.92. The maximum atomic E-state index is 4.25. The number of benzene rings is 1. The van der Waals surface area contributed by atoms with Crippen molar-refractivity contribution >= 4 is 0 Å². The zero-order chi connectivity index (χ0) is 9.94. The van der Waals surface area contributed by atoms with Crippen LogP contribution in [0.5, 0.6) is 0 Å². The van der Waals surface area contributed by atoms with Crippen LogP contribution in [0.3, 0.4) is 0 Å². The van der Waals surface area contributed by atoms with E-state index in [0.717, 1.165) is 0 Å². The van der Waals surface area contributed by atoms with E-state index in [2.05, 4.69) is 42.0 Å². The van der Waals surface area contributed by atoms with Crippen LogP contribution in [0.15, 0.2) is 30.3 Å². The fourth-order valence-electron chi connectivity index (χ4n) is 1.03. The van der Waals surface area contributed by atoms with Crippen molar-refractivity contribution in [2.45, 2.75) is 26.2 Å². The van der Waals surface area contributed by atoms with Gasteiger partial charge in [-0.25, -0.2) is 0 Å². The van der Waals surface area contributed by atoms with E-state index in [1.165, 1.54) is 24.8 Å². The summed E-state index contributed by atoms with van der Waals surface area (Å²) >= 11 is 0. The van der Waals surface area contributed by atoms with Crippen molar-refractivity contribution in [2.24, 2.45) is 0 Å². The summed E-state index contributed by atoms with van der Waals surface area (Å²) in [6.07, 6.45) is 3.83. The average molecular weight is 180 g/mol. The van der Waals surface area contributed by atoms with Crippen LogP contribution in [-0.4, -0.2) is 14.2 Å². The molecular formula is C12H20O. The fraction of sp³-hybridized carbons (Fsp3) is 0.500. The number of rotatable bonds is 3. The van der Waals surface area contributed by atoms with Gasteiger partial charge in [0.05, 0.1) is 0 Å². The number of unbranched alkanes of at least 4 members (excludes halogenated alkanes) is 1. The molecule has 13 heavy (non-hydrogen) atoms. The van der Waals surface area contributed by atoms with Gasteiger partial charge in [0, 0.05) is 14.2 Å². The third-order valence-corrected chi connectivity index (χ3v) is 1.66. The maximum absolute atomic E-state index is 4.25. The van der Waals surface area contributed by atoms with Crippen molar-refractivity contribution in [1.29, 1.82) is 0 Å². The minimum atomic E-state index is 1.23. The van der Waals surface area contributed by atoms with Gasteiger partial charge in [-0.2, -0.15) is 0 Å². The zero-order valence-corrected chi connectivity index (χ0v) is 8.92. The molecule has 0 atom stereocenters. The number of hydrogen-bond donors (Lipinski definition) is 0. The van der Waals surface area contributed by atoms with Gasteiger partial charge in [-0.05, 0) is 18.4 Å². The first-order valence-corrected chi connectivity index (χ1v) is 4.79. The minimum Gasteiger partial charge on any atom is -0.388 e. The first-order chi connectivity index (χ1) is 6.35. The lowest BCUT2D eigenvalue weighted by atomic mass is 10.1. The molecule has 0 unspecified atom stereocenters. The third-order valence-electron chi connectivity index (χ3n) is 1.66. The minimum absolute atomic E-state index is 1.23. The Morgan fingerprint density at radius 2 is 1.62 bits per heavy atom. The number of methoxy groups -OCH3 is 1. The summed E-state index contributed by atoms with van der Waals surface area (Å²) in [5.74, 6) is 0. The lowest BCUT2D eigenvalue weighted by Gasteiger charge is -1.96. The molecule has 0 heterocycles. The highest BCUT2D eigenvalue weighted by atomic mass is 16.4. The molecule has 1 heteroatoms. The summed E-state index contributed by atoms with van der Waals surface area (Å²) < 4.78 is 4.25. The first-order valence-electron chi connectivity index (χ1n) is 4.79. The van der Waals surface area contributed by atoms with E-state index in [9.17, 15) is 0 Å². The molecule has 0 spiro atoms. The molecule has 0 saturated carbocycles. The molecule has 1 aromatic rings. The molecule has 0 aliphatic rings. The van der Waals surface area contributed by atoms with Crippen LogP contribution in [-0.2, 0) is 11.2 Å². The molecule has 1 rings (SSSR count). The molecule has 0 N–H and O–H groups in total. The lowest BCUT2D eigenvalue weighted by molar-refractivity contribution is 0.277. The monoisotopic (exact) mass is 180 g/mol. The molecule has 74 valence electrons. The third kappa shape index (κ3) is 7.54. The van der Waals surface area contributed by atoms with Crippen LogP contribution in [0.2, 0.25) is 0 Å². The Morgan fingerprint density at radius 3 is 2.08 bits per heavy atom. The maximum Gasteiger partial charge on any atom is 0.0351 e. The Morgan fingerprint density at radius 1 is 1.08 bits per heavy atom. The molecule has 0 amide bonds. The van der Waals surface area contributed by atoms with Crippen LogP contribution in [0.4, 0.5) is 0 Å². The van der Waals surface area contributed by atoms with Crippen molar-refractivity contribution in [3.05, 3.63) is 35.9 Å². The predicted molar refractivity (Wildman–Crippen MR) is 58.0 cm³/mol. The van der Waals surface area contributed by atoms with Crippen molar-refractivity contribution < 1.29 is 4.74 Å². The van der Waals surface area contributed by atoms with Gasteiger partial charge >= 0.3 is 0 Å². The molecule has 0 fully saturated rings. The second kappa shape index (κ2) is 9.27. The Kier molecular flexibility index (Phi) is 8.68. The topological polar surface area (TPSA) is 9.23 Å². The highest BCUT2D eigenvalue weighted by molar-refractivity contribution is 5.14. The predicted octanol–water partition coefficient (Wildman–Crippen LogP) is 3.29. The molecular weight excluding hydrogens is 160 g/mol. The Hall–Kier alpha value is -0.820. The van der Waals surface area contributed by atoms with Gasteiger partial charge in [0.2, 0.25) is 0 Å². The average Bonchev–Trinajstić information content (AvgIpc) is 2.18. The smallest absolute Gasteiger partial charge is 0.0351 e. The van der Waals surface area contributed by atoms with E-state index >= 15 is 0 Å². The van der Waals surface area contributed by atoms with Crippen molar-refractivity contribution in [3.63, 3.8) is 0 Å². The van der Waals surface area contributed by atoms with Crippen LogP contribution >= 0.6 is 0 Å². The quantitative estimate of drug-likeness (QED) is 0.693. The molecule has 0 aromatic heterocycles. The Bertz CT molecular complexity index is 182. The highest BCUT2D eigenvalue weighted by Gasteiger charge is 1.87. The van der Waals surface area contributed by atoms with Gasteiger partial charge in [0.1, 0.15) is 0 Å². The van der Waals surface area contributed by atoms with Crippen molar-refractivity contribution in [1.82, 2.24) is 0 Å². The summed E-state index contributed by atoms with van der Waals surface area (Å²) in [6, 6.07) is 10.6. The largest absolute Gasteiger partial charge is 0.388 e. The normalized spacial score (nSPS) is 8.85. The number of ether oxygens (including phenoxy) is 1. The van der Waals surface area contributed by atoms with Gasteiger partial charge in [-0.15, -0.1) is 0 Å². The van der Waals surface area contributed by atoms with E-state index in [4.69, 9.17) is 0 Å². The van der Waals surface area contributed by atoms with Crippen LogP contribution in [0, 0.1) is 0 Å². The van der Waals surface area contributed by atoms with Crippen LogP contribution in [0.25, 0.3) is 0 Å². The summed E-state index contributed by atoms with van der Waals surface area (Å²) in [6.45, 7) is 2.23. The van der Waals surface area contributed by atoms with E-state index in [-0.39, 0.29) is 0 Å². The SMILES string of the molecule is CCCCc1ccccc1.COC. The lowest BCUT2D eigenvalue weighted by Crippen LogP contribution is -1.81. The fourth-order valence-corrected chi connectivity index (χ4v) is 1.03. The molecule has 1 aromatic carbocycles. The highest BCUT2D eigenvalue weighted by Crippen LogP contribution is 2.03. The molecule has 0 bridgehead atoms. The molecule has 0 aliphatic heterocycles. The van der Waals surface area contributed by atoms with Gasteiger partial charge in [-0.1, -0.05) is 43.7 Å². The summed E-state index contributed by atoms with van der Waals surface area (Å²) in [5.41, 5.74) is 1.46. The standard InChI is InChI=1S/C10H14.C2H6O/c1-2-3-7-10-8-5-4-6-9-10;1-3-2/h4-6,8-9H,2-3,7H2,1H3;1-2H3. The molecule has 1 nitrogen and oxygen atoms in total. The van der Waals surface area contributed by atoms with Crippen molar-refractivity contribution in [2.75, 3.05) is 14.2 Å². The van der Waals surface area contributed by atoms with Gasteiger partial charge < -0.3 is 4.74 Å². The second-order valence-electron chi connectivity index (χ2n) is 3.00. The van der Waals surface area contributed by atoms with E-state index in [1.54, 1.807) is 14.2 Å². The Labute approximate surface area is 81.7 Å². The van der Waals surface area contributed by atoms with E-state index < -0.39 is 0 Å². The van der Waals surface area contributed by atoms with Crippen LogP contribution < -0.4 is 0 Å². The van der Waals surface area contributed by atoms with Crippen molar-refractivity contribution in [3.8, 4) is 0 Å². The van der Waals surface area contributed by atoms with Gasteiger partial charge in [0.15, 0.2) is 0 Å². The number of aryl methyl sites for hydroxylation is 1. The van der Waals surface area contributed by atoms with E-state index in [0.29, 0.717) is 0 Å². The summed E-state index contributed by atoms with van der Waals surface area (Å²) in [7, 11) is 3.25. The summed E-state index contributed by atoms with van der Waals surface area (Å²) in [5, 5.41) is 0. The van der Waals surface area contributed by atoms with Crippen LogP contribution in [0.1, 0.15) is 25.3 Å².